The van der Waals surface area contributed by atoms with E-state index in [9.17, 15) is 24.8 Å². The molecule has 2 atom stereocenters. The number of fused-ring (bicyclic) bond motifs is 2. The number of nitro benzene ring substituents is 1. The number of hydrogen-bond donors (Lipinski definition) is 1. The molecule has 0 saturated carbocycles. The monoisotopic (exact) mass is 514 g/mol. The van der Waals surface area contributed by atoms with Gasteiger partial charge in [0.15, 0.2) is 5.13 Å². The summed E-state index contributed by atoms with van der Waals surface area (Å²) >= 11 is 1.05. The van der Waals surface area contributed by atoms with E-state index < -0.39 is 22.7 Å². The Kier molecular flexibility index (Phi) is 5.23. The third kappa shape index (κ3) is 3.71. The fourth-order valence-electron chi connectivity index (χ4n) is 4.69. The van der Waals surface area contributed by atoms with Crippen LogP contribution >= 0.6 is 11.3 Å². The van der Waals surface area contributed by atoms with Gasteiger partial charge in [0.05, 0.1) is 26.4 Å². The second-order valence-electron chi connectivity index (χ2n) is 8.78. The predicted octanol–water partition coefficient (Wildman–Crippen LogP) is 4.55. The van der Waals surface area contributed by atoms with Gasteiger partial charge in [0.25, 0.3) is 11.5 Å². The highest BCUT2D eigenvalue weighted by molar-refractivity contribution is 7.22. The van der Waals surface area contributed by atoms with Gasteiger partial charge in [-0.3, -0.25) is 29.6 Å². The number of thiazole rings is 1. The standard InChI is InChI=1S/C26H18N4O6S/c1-13-10-15-11-14(5-8-19(15)36-13)23(31)21-22(18-4-2-3-9-27-18)29(25(33)24(21)32)26-28-17-7-6-16(30(34)35)12-20(17)37-26/h2-9,11-13,22,31H,10H2,1H3/b23-21+. The van der Waals surface area contributed by atoms with Gasteiger partial charge in [-0.1, -0.05) is 17.4 Å². The van der Waals surface area contributed by atoms with Crippen LogP contribution in [-0.2, 0) is 16.0 Å². The molecule has 2 aliphatic heterocycles. The molecular weight excluding hydrogens is 496 g/mol. The van der Waals surface area contributed by atoms with Crippen molar-refractivity contribution in [3.8, 4) is 5.75 Å². The average molecular weight is 515 g/mol. The van der Waals surface area contributed by atoms with Crippen molar-refractivity contribution < 1.29 is 24.4 Å². The molecule has 2 unspecified atom stereocenters. The molecule has 6 rings (SSSR count). The van der Waals surface area contributed by atoms with Crippen molar-refractivity contribution in [2.45, 2.75) is 25.5 Å². The van der Waals surface area contributed by atoms with Crippen LogP contribution in [0.15, 0.2) is 66.4 Å². The van der Waals surface area contributed by atoms with Gasteiger partial charge in [-0.15, -0.1) is 0 Å². The van der Waals surface area contributed by atoms with E-state index in [4.69, 9.17) is 4.74 Å². The van der Waals surface area contributed by atoms with Crippen molar-refractivity contribution in [3.05, 3.63) is 93.3 Å². The Morgan fingerprint density at radius 2 is 2.03 bits per heavy atom. The maximum absolute atomic E-state index is 13.4. The SMILES string of the molecule is CC1Cc2cc(/C(O)=C3\C(=O)C(=O)N(c4nc5ccc([N+](=O)[O-])cc5s4)C3c3ccccn3)ccc2O1. The van der Waals surface area contributed by atoms with Gasteiger partial charge in [-0.05, 0) is 48.9 Å². The Labute approximate surface area is 213 Å². The number of Topliss-reactive ketones (excluding diaryl/α,β-unsaturated/α-hetero) is 1. The van der Waals surface area contributed by atoms with Gasteiger partial charge in [0, 0.05) is 30.3 Å². The summed E-state index contributed by atoms with van der Waals surface area (Å²) in [6.07, 6.45) is 2.19. The van der Waals surface area contributed by atoms with Crippen LogP contribution in [0.3, 0.4) is 0 Å². The van der Waals surface area contributed by atoms with Gasteiger partial charge in [-0.2, -0.15) is 0 Å². The number of aliphatic hydroxyl groups excluding tert-OH is 1. The molecule has 1 fully saturated rings. The Morgan fingerprint density at radius 3 is 2.78 bits per heavy atom. The fourth-order valence-corrected chi connectivity index (χ4v) is 5.72. The van der Waals surface area contributed by atoms with Crippen molar-refractivity contribution in [1.29, 1.82) is 0 Å². The molecule has 10 nitrogen and oxygen atoms in total. The first kappa shape index (κ1) is 22.8. The zero-order valence-corrected chi connectivity index (χ0v) is 20.1. The molecule has 0 radical (unpaired) electrons. The van der Waals surface area contributed by atoms with Crippen molar-refractivity contribution in [2.75, 3.05) is 4.90 Å². The Morgan fingerprint density at radius 1 is 1.19 bits per heavy atom. The lowest BCUT2D eigenvalue weighted by molar-refractivity contribution is -0.384. The Balaban J connectivity index is 1.51. The van der Waals surface area contributed by atoms with Crippen molar-refractivity contribution in [2.24, 2.45) is 0 Å². The number of carbonyl (C=O) groups is 2. The third-order valence-electron chi connectivity index (χ3n) is 6.36. The van der Waals surface area contributed by atoms with Crippen LogP contribution < -0.4 is 9.64 Å². The highest BCUT2D eigenvalue weighted by Crippen LogP contribution is 2.44. The molecule has 11 heteroatoms. The van der Waals surface area contributed by atoms with Gasteiger partial charge in [0.2, 0.25) is 0 Å². The van der Waals surface area contributed by atoms with E-state index in [1.54, 1.807) is 36.4 Å². The topological polar surface area (TPSA) is 136 Å². The number of ether oxygens (including phenoxy) is 1. The number of amides is 1. The van der Waals surface area contributed by atoms with Crippen LogP contribution in [0.5, 0.6) is 5.75 Å². The molecule has 1 saturated heterocycles. The van der Waals surface area contributed by atoms with Crippen LogP contribution in [0, 0.1) is 10.1 Å². The summed E-state index contributed by atoms with van der Waals surface area (Å²) in [5.41, 5.74) is 1.87. The molecule has 4 heterocycles. The van der Waals surface area contributed by atoms with Crippen LogP contribution in [0.4, 0.5) is 10.8 Å². The second-order valence-corrected chi connectivity index (χ2v) is 9.79. The molecule has 2 aliphatic rings. The first-order valence-electron chi connectivity index (χ1n) is 11.4. The average Bonchev–Trinajstić information content (AvgIpc) is 3.55. The number of nitrogens with zero attached hydrogens (tertiary/aromatic N) is 4. The zero-order valence-electron chi connectivity index (χ0n) is 19.3. The summed E-state index contributed by atoms with van der Waals surface area (Å²) in [5.74, 6) is -1.35. The number of aromatic nitrogens is 2. The summed E-state index contributed by atoms with van der Waals surface area (Å²) in [7, 11) is 0. The van der Waals surface area contributed by atoms with E-state index in [-0.39, 0.29) is 28.3 Å². The van der Waals surface area contributed by atoms with Crippen LogP contribution in [0.25, 0.3) is 16.0 Å². The number of rotatable bonds is 4. The molecule has 184 valence electrons. The molecule has 0 aliphatic carbocycles. The first-order valence-corrected chi connectivity index (χ1v) is 12.2. The molecule has 0 bridgehead atoms. The molecule has 2 aromatic carbocycles. The summed E-state index contributed by atoms with van der Waals surface area (Å²) in [6.45, 7) is 1.94. The minimum absolute atomic E-state index is 0.00125. The third-order valence-corrected chi connectivity index (χ3v) is 7.38. The highest BCUT2D eigenvalue weighted by atomic mass is 32.1. The quantitative estimate of drug-likeness (QED) is 0.138. The van der Waals surface area contributed by atoms with Gasteiger partial charge in [-0.25, -0.2) is 4.98 Å². The molecule has 2 aromatic heterocycles. The smallest absolute Gasteiger partial charge is 0.301 e. The van der Waals surface area contributed by atoms with E-state index in [0.29, 0.717) is 33.6 Å². The molecule has 1 amide bonds. The lowest BCUT2D eigenvalue weighted by Crippen LogP contribution is -2.29. The minimum atomic E-state index is -1.04. The molecule has 4 aromatic rings. The van der Waals surface area contributed by atoms with Crippen molar-refractivity contribution >= 4 is 49.8 Å². The Hall–Kier alpha value is -4.64. The number of hydrogen-bond acceptors (Lipinski definition) is 9. The highest BCUT2D eigenvalue weighted by Gasteiger charge is 2.49. The van der Waals surface area contributed by atoms with E-state index in [0.717, 1.165) is 16.9 Å². The van der Waals surface area contributed by atoms with E-state index >= 15 is 0 Å². The summed E-state index contributed by atoms with van der Waals surface area (Å²) < 4.78 is 6.22. The van der Waals surface area contributed by atoms with Crippen LogP contribution in [-0.4, -0.2) is 37.8 Å². The number of pyridine rings is 1. The molecule has 1 N–H and O–H groups in total. The van der Waals surface area contributed by atoms with Crippen LogP contribution in [0.1, 0.15) is 29.8 Å². The van der Waals surface area contributed by atoms with Gasteiger partial charge >= 0.3 is 5.91 Å². The maximum atomic E-state index is 13.4. The lowest BCUT2D eigenvalue weighted by Gasteiger charge is -2.22. The summed E-state index contributed by atoms with van der Waals surface area (Å²) in [6, 6.07) is 13.4. The van der Waals surface area contributed by atoms with Crippen LogP contribution in [0.2, 0.25) is 0 Å². The minimum Gasteiger partial charge on any atom is -0.507 e. The number of carbonyl (C=O) groups excluding carboxylic acids is 2. The lowest BCUT2D eigenvalue weighted by atomic mass is 9.97. The number of ketones is 1. The number of anilines is 1. The van der Waals surface area contributed by atoms with E-state index in [1.165, 1.54) is 29.3 Å². The Bertz CT molecular complexity index is 1650. The number of nitro groups is 1. The summed E-state index contributed by atoms with van der Waals surface area (Å²) in [4.78, 5) is 47.5. The molecule has 0 spiro atoms. The van der Waals surface area contributed by atoms with Crippen molar-refractivity contribution in [1.82, 2.24) is 9.97 Å². The van der Waals surface area contributed by atoms with Crippen molar-refractivity contribution in [3.63, 3.8) is 0 Å². The number of aliphatic hydroxyl groups is 1. The van der Waals surface area contributed by atoms with Gasteiger partial charge < -0.3 is 9.84 Å². The van der Waals surface area contributed by atoms with E-state index in [2.05, 4.69) is 9.97 Å². The molecule has 37 heavy (non-hydrogen) atoms. The second kappa shape index (κ2) is 8.49. The number of benzene rings is 2. The van der Waals surface area contributed by atoms with E-state index in [1.807, 2.05) is 6.92 Å². The maximum Gasteiger partial charge on any atom is 0.301 e. The number of non-ortho nitro benzene ring substituents is 1. The fraction of sp³-hybridized carbons (Fsp3) is 0.154. The molecular formula is C26H18N4O6S. The van der Waals surface area contributed by atoms with Gasteiger partial charge in [0.1, 0.15) is 23.7 Å². The first-order chi connectivity index (χ1) is 17.8. The normalized spacial score (nSPS) is 20.3. The predicted molar refractivity (Wildman–Crippen MR) is 136 cm³/mol. The zero-order chi connectivity index (χ0) is 25.8. The summed E-state index contributed by atoms with van der Waals surface area (Å²) in [5, 5.41) is 22.7. The largest absolute Gasteiger partial charge is 0.507 e.